The average Bonchev–Trinajstić information content (AvgIpc) is 2.36. The third-order valence-electron chi connectivity index (χ3n) is 3.27. The smallest absolute Gasteiger partial charge is 0.231 e. The van der Waals surface area contributed by atoms with Gasteiger partial charge in [-0.3, -0.25) is 9.69 Å². The standard InChI is InChI=1S/C13H17N3O2/c1-13(8-11(17)16(2)12(14)15-13)9-5-4-6-10(7-9)18-3/h4-7H,8H2,1-3H3,(H2,14,15)/t13-/m1/s1. The molecule has 0 spiro atoms. The number of benzene rings is 1. The minimum atomic E-state index is -0.623. The van der Waals surface area contributed by atoms with Crippen molar-refractivity contribution in [3.63, 3.8) is 0 Å². The van der Waals surface area contributed by atoms with E-state index in [0.29, 0.717) is 6.42 Å². The molecule has 5 heteroatoms. The summed E-state index contributed by atoms with van der Waals surface area (Å²) in [5, 5.41) is 0. The van der Waals surface area contributed by atoms with E-state index in [1.165, 1.54) is 4.90 Å². The number of nitrogens with two attached hydrogens (primary N) is 1. The molecule has 1 aromatic carbocycles. The van der Waals surface area contributed by atoms with Gasteiger partial charge in [0.05, 0.1) is 19.1 Å². The Hall–Kier alpha value is -2.04. The van der Waals surface area contributed by atoms with Crippen molar-refractivity contribution in [2.75, 3.05) is 14.2 Å². The van der Waals surface area contributed by atoms with Crippen molar-refractivity contribution < 1.29 is 9.53 Å². The fourth-order valence-electron chi connectivity index (χ4n) is 2.03. The highest BCUT2D eigenvalue weighted by molar-refractivity contribution is 5.98. The molecule has 0 radical (unpaired) electrons. The Morgan fingerprint density at radius 3 is 2.83 bits per heavy atom. The average molecular weight is 247 g/mol. The second kappa shape index (κ2) is 4.33. The second-order valence-electron chi connectivity index (χ2n) is 4.61. The number of nitrogens with zero attached hydrogens (tertiary/aromatic N) is 2. The fraction of sp³-hybridized carbons (Fsp3) is 0.385. The highest BCUT2D eigenvalue weighted by Gasteiger charge is 2.36. The SMILES string of the molecule is COc1cccc([C@@]2(C)CC(=O)N(C)C(N)=N2)c1. The maximum Gasteiger partial charge on any atom is 0.231 e. The first-order chi connectivity index (χ1) is 8.46. The molecule has 5 nitrogen and oxygen atoms in total. The van der Waals surface area contributed by atoms with Crippen molar-refractivity contribution in [1.29, 1.82) is 0 Å². The highest BCUT2D eigenvalue weighted by Crippen LogP contribution is 2.34. The molecule has 1 atom stereocenters. The molecule has 1 amide bonds. The molecule has 2 N–H and O–H groups in total. The molecule has 1 aliphatic rings. The van der Waals surface area contributed by atoms with Gasteiger partial charge in [-0.15, -0.1) is 0 Å². The van der Waals surface area contributed by atoms with Gasteiger partial charge in [-0.1, -0.05) is 12.1 Å². The molecule has 1 heterocycles. The van der Waals surface area contributed by atoms with Gasteiger partial charge in [-0.2, -0.15) is 0 Å². The molecule has 0 aromatic heterocycles. The van der Waals surface area contributed by atoms with Crippen molar-refractivity contribution in [2.45, 2.75) is 18.9 Å². The van der Waals surface area contributed by atoms with Crippen LogP contribution in [0.15, 0.2) is 29.3 Å². The van der Waals surface area contributed by atoms with Crippen molar-refractivity contribution >= 4 is 11.9 Å². The van der Waals surface area contributed by atoms with Gasteiger partial charge in [0.15, 0.2) is 5.96 Å². The summed E-state index contributed by atoms with van der Waals surface area (Å²) in [6.07, 6.45) is 0.303. The lowest BCUT2D eigenvalue weighted by Gasteiger charge is -2.33. The molecular formula is C13H17N3O2. The van der Waals surface area contributed by atoms with Gasteiger partial charge in [0.25, 0.3) is 0 Å². The lowest BCUT2D eigenvalue weighted by atomic mass is 9.87. The number of rotatable bonds is 2. The predicted molar refractivity (Wildman–Crippen MR) is 69.4 cm³/mol. The Labute approximate surface area is 106 Å². The third kappa shape index (κ3) is 2.03. The van der Waals surface area contributed by atoms with Gasteiger partial charge in [-0.05, 0) is 24.6 Å². The van der Waals surface area contributed by atoms with E-state index in [-0.39, 0.29) is 11.9 Å². The molecule has 1 aliphatic heterocycles. The molecule has 1 aromatic rings. The van der Waals surface area contributed by atoms with Gasteiger partial charge in [-0.25, -0.2) is 4.99 Å². The molecule has 0 saturated carbocycles. The Kier molecular flexibility index (Phi) is 2.98. The monoisotopic (exact) mass is 247 g/mol. The van der Waals surface area contributed by atoms with Gasteiger partial charge in [0.2, 0.25) is 5.91 Å². The zero-order valence-electron chi connectivity index (χ0n) is 10.8. The van der Waals surface area contributed by atoms with Crippen molar-refractivity contribution in [3.8, 4) is 5.75 Å². The Morgan fingerprint density at radius 1 is 1.50 bits per heavy atom. The van der Waals surface area contributed by atoms with Gasteiger partial charge < -0.3 is 10.5 Å². The number of ether oxygens (including phenoxy) is 1. The lowest BCUT2D eigenvalue weighted by molar-refractivity contribution is -0.128. The Morgan fingerprint density at radius 2 is 2.22 bits per heavy atom. The van der Waals surface area contributed by atoms with Crippen LogP contribution in [0.5, 0.6) is 5.75 Å². The van der Waals surface area contributed by atoms with E-state index in [4.69, 9.17) is 10.5 Å². The molecule has 0 aliphatic carbocycles. The molecule has 2 rings (SSSR count). The zero-order valence-corrected chi connectivity index (χ0v) is 10.8. The van der Waals surface area contributed by atoms with E-state index in [9.17, 15) is 4.79 Å². The number of aliphatic imine (C=N–C) groups is 1. The highest BCUT2D eigenvalue weighted by atomic mass is 16.5. The molecule has 96 valence electrons. The minimum Gasteiger partial charge on any atom is -0.497 e. The predicted octanol–water partition coefficient (Wildman–Crippen LogP) is 1.09. The summed E-state index contributed by atoms with van der Waals surface area (Å²) in [4.78, 5) is 17.7. The Bertz CT molecular complexity index is 513. The number of hydrogen-bond acceptors (Lipinski definition) is 4. The van der Waals surface area contributed by atoms with E-state index < -0.39 is 5.54 Å². The molecule has 18 heavy (non-hydrogen) atoms. The van der Waals surface area contributed by atoms with Gasteiger partial charge >= 0.3 is 0 Å². The van der Waals surface area contributed by atoms with E-state index in [0.717, 1.165) is 11.3 Å². The number of hydrogen-bond donors (Lipinski definition) is 1. The van der Waals surface area contributed by atoms with Crippen LogP contribution in [-0.4, -0.2) is 30.9 Å². The van der Waals surface area contributed by atoms with Crippen LogP contribution in [0.25, 0.3) is 0 Å². The molecule has 0 fully saturated rings. The quantitative estimate of drug-likeness (QED) is 0.850. The lowest BCUT2D eigenvalue weighted by Crippen LogP contribution is -2.47. The number of carbonyl (C=O) groups is 1. The van der Waals surface area contributed by atoms with Crippen molar-refractivity contribution in [1.82, 2.24) is 4.90 Å². The molecule has 0 bridgehead atoms. The maximum atomic E-state index is 11.9. The van der Waals surface area contributed by atoms with E-state index in [1.54, 1.807) is 14.2 Å². The van der Waals surface area contributed by atoms with Gasteiger partial charge in [0.1, 0.15) is 5.75 Å². The normalized spacial score (nSPS) is 23.8. The van der Waals surface area contributed by atoms with Crippen LogP contribution < -0.4 is 10.5 Å². The van der Waals surface area contributed by atoms with Crippen LogP contribution in [0.1, 0.15) is 18.9 Å². The summed E-state index contributed by atoms with van der Waals surface area (Å²) in [6, 6.07) is 7.55. The molecule has 0 saturated heterocycles. The number of methoxy groups -OCH3 is 1. The maximum absolute atomic E-state index is 11.9. The first kappa shape index (κ1) is 12.4. The summed E-state index contributed by atoms with van der Waals surface area (Å²) in [5.41, 5.74) is 6.08. The fourth-order valence-corrected chi connectivity index (χ4v) is 2.03. The molecule has 0 unspecified atom stereocenters. The minimum absolute atomic E-state index is 0.0344. The van der Waals surface area contributed by atoms with Crippen LogP contribution in [0, 0.1) is 0 Å². The topological polar surface area (TPSA) is 67.9 Å². The first-order valence-corrected chi connectivity index (χ1v) is 5.73. The number of carbonyl (C=O) groups excluding carboxylic acids is 1. The summed E-state index contributed by atoms with van der Waals surface area (Å²) in [6.45, 7) is 1.90. The van der Waals surface area contributed by atoms with E-state index >= 15 is 0 Å². The zero-order chi connectivity index (χ0) is 13.3. The van der Waals surface area contributed by atoms with E-state index in [2.05, 4.69) is 4.99 Å². The third-order valence-corrected chi connectivity index (χ3v) is 3.27. The van der Waals surface area contributed by atoms with E-state index in [1.807, 2.05) is 31.2 Å². The van der Waals surface area contributed by atoms with Crippen LogP contribution in [0.3, 0.4) is 0 Å². The Balaban J connectivity index is 2.45. The van der Waals surface area contributed by atoms with Gasteiger partial charge in [0, 0.05) is 7.05 Å². The van der Waals surface area contributed by atoms with Crippen LogP contribution in [0.4, 0.5) is 0 Å². The summed E-state index contributed by atoms with van der Waals surface area (Å²) in [5.74, 6) is 0.957. The first-order valence-electron chi connectivity index (χ1n) is 5.73. The summed E-state index contributed by atoms with van der Waals surface area (Å²) < 4.78 is 5.19. The van der Waals surface area contributed by atoms with Crippen molar-refractivity contribution in [2.24, 2.45) is 10.7 Å². The summed E-state index contributed by atoms with van der Waals surface area (Å²) >= 11 is 0. The van der Waals surface area contributed by atoms with Crippen LogP contribution in [-0.2, 0) is 10.3 Å². The largest absolute Gasteiger partial charge is 0.497 e. The number of amides is 1. The molecular weight excluding hydrogens is 230 g/mol. The number of guanidine groups is 1. The summed E-state index contributed by atoms with van der Waals surface area (Å²) in [7, 11) is 3.24. The van der Waals surface area contributed by atoms with Crippen molar-refractivity contribution in [3.05, 3.63) is 29.8 Å². The second-order valence-corrected chi connectivity index (χ2v) is 4.61. The van der Waals surface area contributed by atoms with Crippen LogP contribution >= 0.6 is 0 Å². The van der Waals surface area contributed by atoms with Crippen LogP contribution in [0.2, 0.25) is 0 Å².